The van der Waals surface area contributed by atoms with Gasteiger partial charge in [0.15, 0.2) is 5.69 Å². The fraction of sp³-hybridized carbons (Fsp3) is 0.630. The number of methoxy groups -OCH3 is 1. The van der Waals surface area contributed by atoms with Gasteiger partial charge in [-0.15, -0.1) is 0 Å². The summed E-state index contributed by atoms with van der Waals surface area (Å²) in [4.78, 5) is 19.7. The summed E-state index contributed by atoms with van der Waals surface area (Å²) in [5, 5.41) is 3.43. The van der Waals surface area contributed by atoms with Crippen LogP contribution in [0.4, 0.5) is 0 Å². The Labute approximate surface area is 219 Å². The Kier molecular flexibility index (Phi) is 7.60. The number of sulfonamides is 1. The fourth-order valence-electron chi connectivity index (χ4n) is 5.99. The van der Waals surface area contributed by atoms with Crippen LogP contribution >= 0.6 is 0 Å². The molecule has 1 aromatic carbocycles. The highest BCUT2D eigenvalue weighted by atomic mass is 32.2. The van der Waals surface area contributed by atoms with Gasteiger partial charge < -0.3 is 19.4 Å². The van der Waals surface area contributed by atoms with Crippen LogP contribution in [0.3, 0.4) is 0 Å². The van der Waals surface area contributed by atoms with Gasteiger partial charge in [-0.05, 0) is 101 Å². The molecule has 3 aliphatic rings. The topological polar surface area (TPSA) is 105 Å². The van der Waals surface area contributed by atoms with E-state index in [1.165, 1.54) is 23.4 Å². The molecule has 0 bridgehead atoms. The van der Waals surface area contributed by atoms with Crippen LogP contribution in [0.5, 0.6) is 5.75 Å². The molecule has 10 heteroatoms. The first-order valence-electron chi connectivity index (χ1n) is 13.4. The second-order valence-corrected chi connectivity index (χ2v) is 12.5. The lowest BCUT2D eigenvalue weighted by molar-refractivity contribution is 0.0636. The van der Waals surface area contributed by atoms with Crippen LogP contribution < -0.4 is 10.1 Å². The number of benzene rings is 1. The third-order valence-electron chi connectivity index (χ3n) is 8.13. The summed E-state index contributed by atoms with van der Waals surface area (Å²) in [5.41, 5.74) is 1.53. The molecule has 0 atom stereocenters. The van der Waals surface area contributed by atoms with Crippen molar-refractivity contribution in [1.29, 1.82) is 0 Å². The molecule has 2 aliphatic heterocycles. The zero-order valence-corrected chi connectivity index (χ0v) is 22.8. The smallest absolute Gasteiger partial charge is 0.275 e. The van der Waals surface area contributed by atoms with E-state index in [2.05, 4.69) is 10.3 Å². The quantitative estimate of drug-likeness (QED) is 0.557. The Morgan fingerprint density at radius 2 is 1.70 bits per heavy atom. The predicted molar refractivity (Wildman–Crippen MR) is 139 cm³/mol. The number of hydrogen-bond donors (Lipinski definition) is 1. The second-order valence-electron chi connectivity index (χ2n) is 10.7. The van der Waals surface area contributed by atoms with Crippen molar-refractivity contribution in [1.82, 2.24) is 19.5 Å². The van der Waals surface area contributed by atoms with Gasteiger partial charge in [0.2, 0.25) is 15.9 Å². The number of oxazole rings is 1. The first-order chi connectivity index (χ1) is 17.8. The average Bonchev–Trinajstić information content (AvgIpc) is 3.63. The van der Waals surface area contributed by atoms with Crippen molar-refractivity contribution >= 4 is 15.9 Å². The first-order valence-corrected chi connectivity index (χ1v) is 14.8. The summed E-state index contributed by atoms with van der Waals surface area (Å²) >= 11 is 0. The van der Waals surface area contributed by atoms with E-state index in [1.807, 2.05) is 4.90 Å². The average molecular weight is 531 g/mol. The van der Waals surface area contributed by atoms with E-state index in [1.54, 1.807) is 33.1 Å². The number of carbonyl (C=O) groups excluding carboxylic acids is 1. The first kappa shape index (κ1) is 26.2. The highest BCUT2D eigenvalue weighted by Gasteiger charge is 2.40. The van der Waals surface area contributed by atoms with Crippen molar-refractivity contribution in [2.24, 2.45) is 11.8 Å². The van der Waals surface area contributed by atoms with Gasteiger partial charge in [-0.2, -0.15) is 4.31 Å². The van der Waals surface area contributed by atoms with E-state index >= 15 is 0 Å². The molecule has 1 saturated carbocycles. The number of aryl methyl sites for hydroxylation is 2. The summed E-state index contributed by atoms with van der Waals surface area (Å²) in [6, 6.07) is 3.38. The van der Waals surface area contributed by atoms with Crippen molar-refractivity contribution in [3.8, 4) is 5.75 Å². The molecule has 0 radical (unpaired) electrons. The van der Waals surface area contributed by atoms with Crippen molar-refractivity contribution in [3.05, 3.63) is 41.1 Å². The largest absolute Gasteiger partial charge is 0.497 e. The van der Waals surface area contributed by atoms with Crippen LogP contribution in [0.2, 0.25) is 0 Å². The summed E-state index contributed by atoms with van der Waals surface area (Å²) in [6.45, 7) is 7.21. The monoisotopic (exact) mass is 530 g/mol. The number of rotatable bonds is 8. The van der Waals surface area contributed by atoms with Crippen LogP contribution in [-0.4, -0.2) is 67.8 Å². The van der Waals surface area contributed by atoms with Gasteiger partial charge in [0.1, 0.15) is 12.0 Å². The molecule has 0 spiro atoms. The normalized spacial score (nSPS) is 19.9. The highest BCUT2D eigenvalue weighted by molar-refractivity contribution is 7.89. The van der Waals surface area contributed by atoms with Crippen LogP contribution in [0, 0.1) is 25.7 Å². The molecule has 5 rings (SSSR count). The molecule has 2 aromatic rings. The Morgan fingerprint density at radius 1 is 1.08 bits per heavy atom. The van der Waals surface area contributed by atoms with Gasteiger partial charge in [0, 0.05) is 19.1 Å². The van der Waals surface area contributed by atoms with Gasteiger partial charge in [-0.1, -0.05) is 0 Å². The molecule has 1 aliphatic carbocycles. The molecule has 2 saturated heterocycles. The molecule has 0 unspecified atom stereocenters. The minimum atomic E-state index is -3.79. The predicted octanol–water partition coefficient (Wildman–Crippen LogP) is 3.51. The number of nitrogens with one attached hydrogen (secondary N) is 1. The lowest BCUT2D eigenvalue weighted by Crippen LogP contribution is -2.42. The van der Waals surface area contributed by atoms with Crippen LogP contribution in [-0.2, 0) is 16.6 Å². The number of nitrogens with zero attached hydrogens (tertiary/aromatic N) is 3. The number of aromatic nitrogens is 1. The standard InChI is InChI=1S/C27H38N4O5S/c1-18-14-23(35-3)15-19(2)26(18)37(33,34)31(22-4-5-22)16-25-29-24(17-36-25)27(32)30-12-8-21(9-13-30)20-6-10-28-11-7-20/h14-15,17,20-22,28H,4-13,16H2,1-3H3. The zero-order valence-electron chi connectivity index (χ0n) is 22.0. The zero-order chi connectivity index (χ0) is 26.2. The Hall–Kier alpha value is -2.43. The highest BCUT2D eigenvalue weighted by Crippen LogP contribution is 2.37. The maximum Gasteiger partial charge on any atom is 0.275 e. The number of amides is 1. The molecule has 3 heterocycles. The van der Waals surface area contributed by atoms with Crippen molar-refractivity contribution < 1.29 is 22.4 Å². The maximum atomic E-state index is 13.7. The van der Waals surface area contributed by atoms with E-state index in [0.717, 1.165) is 57.8 Å². The summed E-state index contributed by atoms with van der Waals surface area (Å²) in [5.74, 6) is 2.17. The molecule has 1 N–H and O–H groups in total. The van der Waals surface area contributed by atoms with E-state index in [0.29, 0.717) is 27.7 Å². The van der Waals surface area contributed by atoms with Crippen molar-refractivity contribution in [3.63, 3.8) is 0 Å². The van der Waals surface area contributed by atoms with Crippen LogP contribution in [0.15, 0.2) is 27.7 Å². The molecule has 202 valence electrons. The van der Waals surface area contributed by atoms with Crippen LogP contribution in [0.1, 0.15) is 66.0 Å². The molecular formula is C27H38N4O5S. The SMILES string of the molecule is COc1cc(C)c(S(=O)(=O)N(Cc2nc(C(=O)N3CCC(C4CCNCC4)CC3)co2)C2CC2)c(C)c1. The Balaban J connectivity index is 1.27. The lowest BCUT2D eigenvalue weighted by atomic mass is 9.79. The number of piperidine rings is 2. The maximum absolute atomic E-state index is 13.7. The summed E-state index contributed by atoms with van der Waals surface area (Å²) in [7, 11) is -2.23. The third kappa shape index (κ3) is 5.56. The molecular weight excluding hydrogens is 492 g/mol. The fourth-order valence-corrected chi connectivity index (χ4v) is 8.04. The van der Waals surface area contributed by atoms with E-state index in [9.17, 15) is 13.2 Å². The number of hydrogen-bond acceptors (Lipinski definition) is 7. The third-order valence-corrected chi connectivity index (χ3v) is 10.3. The summed E-state index contributed by atoms with van der Waals surface area (Å²) in [6.07, 6.45) is 7.46. The molecule has 9 nitrogen and oxygen atoms in total. The van der Waals surface area contributed by atoms with Crippen molar-refractivity contribution in [2.75, 3.05) is 33.3 Å². The Bertz CT molecular complexity index is 1200. The van der Waals surface area contributed by atoms with Gasteiger partial charge in [0.05, 0.1) is 18.6 Å². The molecule has 3 fully saturated rings. The molecule has 1 amide bonds. The van der Waals surface area contributed by atoms with Gasteiger partial charge >= 0.3 is 0 Å². The number of carbonyl (C=O) groups is 1. The van der Waals surface area contributed by atoms with Crippen molar-refractivity contribution in [2.45, 2.75) is 69.9 Å². The molecule has 1 aromatic heterocycles. The number of likely N-dealkylation sites (tertiary alicyclic amines) is 1. The Morgan fingerprint density at radius 3 is 2.30 bits per heavy atom. The van der Waals surface area contributed by atoms with E-state index < -0.39 is 10.0 Å². The number of ether oxygens (including phenoxy) is 1. The van der Waals surface area contributed by atoms with Crippen LogP contribution in [0.25, 0.3) is 0 Å². The van der Waals surface area contributed by atoms with Gasteiger partial charge in [0.25, 0.3) is 5.91 Å². The van der Waals surface area contributed by atoms with E-state index in [4.69, 9.17) is 9.15 Å². The van der Waals surface area contributed by atoms with Gasteiger partial charge in [-0.25, -0.2) is 13.4 Å². The van der Waals surface area contributed by atoms with Gasteiger partial charge in [-0.3, -0.25) is 4.79 Å². The minimum Gasteiger partial charge on any atom is -0.497 e. The second kappa shape index (κ2) is 10.7. The minimum absolute atomic E-state index is 0.00296. The lowest BCUT2D eigenvalue weighted by Gasteiger charge is -2.37. The summed E-state index contributed by atoms with van der Waals surface area (Å²) < 4.78 is 39.9. The molecule has 37 heavy (non-hydrogen) atoms. The van der Waals surface area contributed by atoms with E-state index in [-0.39, 0.29) is 30.1 Å².